The van der Waals surface area contributed by atoms with Gasteiger partial charge in [-0.05, 0) is 37.1 Å². The molecule has 11 heteroatoms. The molecule has 33 heavy (non-hydrogen) atoms. The summed E-state index contributed by atoms with van der Waals surface area (Å²) in [5.74, 6) is -2.51. The first-order valence-electron chi connectivity index (χ1n) is 9.94. The summed E-state index contributed by atoms with van der Waals surface area (Å²) in [5.41, 5.74) is 0.906. The smallest absolute Gasteiger partial charge is 0.338 e. The number of carbonyl (C=O) groups excluding carboxylic acids is 4. The lowest BCUT2D eigenvalue weighted by atomic mass is 10.1. The van der Waals surface area contributed by atoms with Gasteiger partial charge in [0, 0.05) is 32.4 Å². The van der Waals surface area contributed by atoms with Crippen molar-refractivity contribution in [3.05, 3.63) is 68.8 Å². The number of methoxy groups -OCH3 is 1. The third kappa shape index (κ3) is 5.21. The van der Waals surface area contributed by atoms with E-state index in [2.05, 4.69) is 5.32 Å². The summed E-state index contributed by atoms with van der Waals surface area (Å²) in [5, 5.41) is 13.4. The Hall–Kier alpha value is -4.12. The zero-order valence-electron chi connectivity index (χ0n) is 18.0. The van der Waals surface area contributed by atoms with Gasteiger partial charge in [0.05, 0.1) is 27.3 Å². The first-order chi connectivity index (χ1) is 15.7. The van der Waals surface area contributed by atoms with Crippen molar-refractivity contribution in [1.82, 2.24) is 4.90 Å². The lowest BCUT2D eigenvalue weighted by Gasteiger charge is -2.12. The van der Waals surface area contributed by atoms with Crippen LogP contribution in [-0.4, -0.2) is 60.4 Å². The summed E-state index contributed by atoms with van der Waals surface area (Å²) in [6.45, 7) is 1.60. The predicted molar refractivity (Wildman–Crippen MR) is 115 cm³/mol. The SMILES string of the molecule is COCCCN1C(=O)c2ccc(C(=O)OCC(=O)Nc3cc([N+](=O)[O-])ccc3C)cc2C1=O. The van der Waals surface area contributed by atoms with Crippen LogP contribution < -0.4 is 5.32 Å². The lowest BCUT2D eigenvalue weighted by Crippen LogP contribution is -2.31. The van der Waals surface area contributed by atoms with Gasteiger partial charge in [-0.25, -0.2) is 4.79 Å². The Morgan fingerprint density at radius 2 is 1.82 bits per heavy atom. The summed E-state index contributed by atoms with van der Waals surface area (Å²) in [6.07, 6.45) is 0.482. The van der Waals surface area contributed by atoms with Crippen LogP contribution in [0.5, 0.6) is 0 Å². The number of hydrogen-bond acceptors (Lipinski definition) is 8. The van der Waals surface area contributed by atoms with Gasteiger partial charge in [-0.1, -0.05) is 6.07 Å². The molecule has 1 N–H and O–H groups in total. The number of nitro groups is 1. The molecule has 0 aliphatic carbocycles. The van der Waals surface area contributed by atoms with Crippen molar-refractivity contribution in [2.45, 2.75) is 13.3 Å². The quantitative estimate of drug-likeness (QED) is 0.199. The van der Waals surface area contributed by atoms with Gasteiger partial charge in [0.1, 0.15) is 0 Å². The largest absolute Gasteiger partial charge is 0.452 e. The highest BCUT2D eigenvalue weighted by Gasteiger charge is 2.35. The van der Waals surface area contributed by atoms with Crippen LogP contribution >= 0.6 is 0 Å². The number of anilines is 1. The van der Waals surface area contributed by atoms with Crippen LogP contribution in [0.15, 0.2) is 36.4 Å². The van der Waals surface area contributed by atoms with Crippen LogP contribution in [-0.2, 0) is 14.3 Å². The molecule has 2 aromatic carbocycles. The molecule has 172 valence electrons. The third-order valence-electron chi connectivity index (χ3n) is 4.98. The minimum absolute atomic E-state index is 0.00738. The first kappa shape index (κ1) is 23.5. The molecule has 0 bridgehead atoms. The van der Waals surface area contributed by atoms with Crippen molar-refractivity contribution in [1.29, 1.82) is 0 Å². The van der Waals surface area contributed by atoms with E-state index in [1.165, 1.54) is 43.5 Å². The van der Waals surface area contributed by atoms with Crippen molar-refractivity contribution in [2.75, 3.05) is 32.2 Å². The highest BCUT2D eigenvalue weighted by molar-refractivity contribution is 6.22. The maximum atomic E-state index is 12.6. The van der Waals surface area contributed by atoms with Crippen molar-refractivity contribution < 1.29 is 33.6 Å². The molecule has 2 aromatic rings. The summed E-state index contributed by atoms with van der Waals surface area (Å²) < 4.78 is 9.93. The van der Waals surface area contributed by atoms with Crippen molar-refractivity contribution >= 4 is 35.1 Å². The van der Waals surface area contributed by atoms with Gasteiger partial charge in [-0.2, -0.15) is 0 Å². The molecule has 0 saturated carbocycles. The Balaban J connectivity index is 1.63. The summed E-state index contributed by atoms with van der Waals surface area (Å²) in [6, 6.07) is 7.97. The van der Waals surface area contributed by atoms with Crippen LogP contribution in [0.2, 0.25) is 0 Å². The number of hydrogen-bond donors (Lipinski definition) is 1. The molecule has 1 heterocycles. The maximum Gasteiger partial charge on any atom is 0.338 e. The highest BCUT2D eigenvalue weighted by Crippen LogP contribution is 2.25. The highest BCUT2D eigenvalue weighted by atomic mass is 16.6. The van der Waals surface area contributed by atoms with E-state index in [-0.39, 0.29) is 34.6 Å². The molecule has 0 spiro atoms. The number of imide groups is 1. The second-order valence-electron chi connectivity index (χ2n) is 7.25. The van der Waals surface area contributed by atoms with Crippen molar-refractivity contribution in [3.63, 3.8) is 0 Å². The zero-order chi connectivity index (χ0) is 24.1. The first-order valence-corrected chi connectivity index (χ1v) is 9.94. The number of esters is 1. The number of non-ortho nitro benzene ring substituents is 1. The molecule has 11 nitrogen and oxygen atoms in total. The normalized spacial score (nSPS) is 12.5. The van der Waals surface area contributed by atoms with E-state index in [9.17, 15) is 29.3 Å². The van der Waals surface area contributed by atoms with Crippen molar-refractivity contribution in [3.8, 4) is 0 Å². The van der Waals surface area contributed by atoms with Crippen LogP contribution in [0.4, 0.5) is 11.4 Å². The van der Waals surface area contributed by atoms with E-state index in [1.54, 1.807) is 6.92 Å². The van der Waals surface area contributed by atoms with Crippen LogP contribution in [0.3, 0.4) is 0 Å². The fourth-order valence-electron chi connectivity index (χ4n) is 3.25. The fraction of sp³-hybridized carbons (Fsp3) is 0.273. The predicted octanol–water partition coefficient (Wildman–Crippen LogP) is 2.33. The average molecular weight is 455 g/mol. The van der Waals surface area contributed by atoms with Gasteiger partial charge >= 0.3 is 5.97 Å². The number of ether oxygens (including phenoxy) is 2. The van der Waals surface area contributed by atoms with Gasteiger partial charge in [0.15, 0.2) is 6.61 Å². The second kappa shape index (κ2) is 10.0. The molecule has 3 rings (SSSR count). The van der Waals surface area contributed by atoms with Crippen LogP contribution in [0, 0.1) is 17.0 Å². The molecule has 1 aliphatic rings. The number of nitrogens with one attached hydrogen (secondary N) is 1. The third-order valence-corrected chi connectivity index (χ3v) is 4.98. The Bertz CT molecular complexity index is 1140. The molecular weight excluding hydrogens is 434 g/mol. The molecule has 1 aliphatic heterocycles. The van der Waals surface area contributed by atoms with E-state index < -0.39 is 35.2 Å². The number of amides is 3. The lowest BCUT2D eigenvalue weighted by molar-refractivity contribution is -0.384. The topological polar surface area (TPSA) is 145 Å². The van der Waals surface area contributed by atoms with E-state index in [0.717, 1.165) is 4.90 Å². The minimum Gasteiger partial charge on any atom is -0.452 e. The van der Waals surface area contributed by atoms with E-state index in [0.29, 0.717) is 18.6 Å². The van der Waals surface area contributed by atoms with E-state index >= 15 is 0 Å². The average Bonchev–Trinajstić information content (AvgIpc) is 3.03. The van der Waals surface area contributed by atoms with Gasteiger partial charge in [0.2, 0.25) is 0 Å². The molecule has 0 atom stereocenters. The minimum atomic E-state index is -0.859. The second-order valence-corrected chi connectivity index (χ2v) is 7.25. The Morgan fingerprint density at radius 3 is 2.52 bits per heavy atom. The monoisotopic (exact) mass is 455 g/mol. The fourth-order valence-corrected chi connectivity index (χ4v) is 3.25. The molecule has 0 saturated heterocycles. The van der Waals surface area contributed by atoms with Gasteiger partial charge in [0.25, 0.3) is 23.4 Å². The Labute approximate surface area is 188 Å². The molecular formula is C22H21N3O8. The number of nitrogens with zero attached hydrogens (tertiary/aromatic N) is 2. The zero-order valence-corrected chi connectivity index (χ0v) is 18.0. The maximum absolute atomic E-state index is 12.6. The van der Waals surface area contributed by atoms with E-state index in [4.69, 9.17) is 9.47 Å². The number of nitro benzene ring substituents is 1. The summed E-state index contributed by atoms with van der Waals surface area (Å²) in [7, 11) is 1.52. The van der Waals surface area contributed by atoms with Crippen molar-refractivity contribution in [2.24, 2.45) is 0 Å². The molecule has 0 aromatic heterocycles. The molecule has 0 unspecified atom stereocenters. The molecule has 3 amide bonds. The number of carbonyl (C=O) groups is 4. The van der Waals surface area contributed by atoms with Gasteiger partial charge < -0.3 is 14.8 Å². The van der Waals surface area contributed by atoms with Gasteiger partial charge in [-0.15, -0.1) is 0 Å². The van der Waals surface area contributed by atoms with E-state index in [1.807, 2.05) is 0 Å². The number of fused-ring (bicyclic) bond motifs is 1. The number of rotatable bonds is 9. The summed E-state index contributed by atoms with van der Waals surface area (Å²) >= 11 is 0. The van der Waals surface area contributed by atoms with Crippen LogP contribution in [0.25, 0.3) is 0 Å². The Morgan fingerprint density at radius 1 is 1.09 bits per heavy atom. The molecule has 0 fully saturated rings. The van der Waals surface area contributed by atoms with Crippen LogP contribution in [0.1, 0.15) is 43.1 Å². The number of aryl methyl sites for hydroxylation is 1. The molecule has 0 radical (unpaired) electrons. The Kier molecular flexibility index (Phi) is 7.13. The number of benzene rings is 2. The standard InChI is InChI=1S/C22H21N3O8/c1-13-4-6-15(25(30)31)11-18(13)23-19(26)12-33-22(29)14-5-7-16-17(10-14)21(28)24(20(16)27)8-3-9-32-2/h4-7,10-11H,3,8-9,12H2,1-2H3,(H,23,26). The summed E-state index contributed by atoms with van der Waals surface area (Å²) in [4.78, 5) is 60.9. The van der Waals surface area contributed by atoms with Gasteiger partial charge in [-0.3, -0.25) is 29.4 Å².